The van der Waals surface area contributed by atoms with Gasteiger partial charge in [0.25, 0.3) is 0 Å². The number of ether oxygens (including phenoxy) is 3. The van der Waals surface area contributed by atoms with E-state index in [0.717, 1.165) is 74.6 Å². The fourth-order valence-corrected chi connectivity index (χ4v) is 10.0. The molecule has 10 heteroatoms. The quantitative estimate of drug-likeness (QED) is 0.0747. The van der Waals surface area contributed by atoms with Gasteiger partial charge in [-0.2, -0.15) is 0 Å². The number of carbonyl (C=O) groups is 1. The molecular weight excluding hydrogens is 672 g/mol. The van der Waals surface area contributed by atoms with Crippen LogP contribution in [0.25, 0.3) is 0 Å². The number of hydrogen-bond acceptors (Lipinski definition) is 9. The lowest BCUT2D eigenvalue weighted by atomic mass is 9.55. The Morgan fingerprint density at radius 1 is 1.06 bits per heavy atom. The highest BCUT2D eigenvalue weighted by molar-refractivity contribution is 6.03. The maximum atomic E-state index is 14.6. The summed E-state index contributed by atoms with van der Waals surface area (Å²) in [4.78, 5) is 22.8. The number of carbonyl (C=O) groups excluding carboxylic acids is 1. The van der Waals surface area contributed by atoms with Crippen molar-refractivity contribution in [1.82, 2.24) is 4.90 Å². The van der Waals surface area contributed by atoms with Crippen molar-refractivity contribution in [3.8, 4) is 11.5 Å². The first-order valence-electron chi connectivity index (χ1n) is 20.8. The molecule has 0 radical (unpaired) electrons. The Morgan fingerprint density at radius 2 is 1.83 bits per heavy atom. The summed E-state index contributed by atoms with van der Waals surface area (Å²) in [5.41, 5.74) is 2.71. The van der Waals surface area contributed by atoms with Crippen LogP contribution >= 0.6 is 0 Å². The van der Waals surface area contributed by atoms with Gasteiger partial charge in [0.1, 0.15) is 17.5 Å². The molecule has 0 bridgehead atoms. The van der Waals surface area contributed by atoms with Crippen LogP contribution in [0.5, 0.6) is 11.5 Å². The van der Waals surface area contributed by atoms with Crippen molar-refractivity contribution < 1.29 is 39.2 Å². The molecule has 3 aliphatic carbocycles. The zero-order valence-electron chi connectivity index (χ0n) is 32.0. The second kappa shape index (κ2) is 19.1. The third kappa shape index (κ3) is 8.98. The molecule has 7 atom stereocenters. The van der Waals surface area contributed by atoms with Crippen molar-refractivity contribution in [2.75, 3.05) is 33.0 Å². The molecule has 6 rings (SSSR count). The van der Waals surface area contributed by atoms with Gasteiger partial charge in [0.05, 0.1) is 24.8 Å². The highest BCUT2D eigenvalue weighted by Gasteiger charge is 2.65. The molecule has 53 heavy (non-hydrogen) atoms. The molecule has 3 fully saturated rings. The number of nitrogens with zero attached hydrogens (tertiary/aromatic N) is 2. The number of aliphatic hydroxyl groups is 2. The minimum Gasteiger partial charge on any atom is -0.508 e. The average molecular weight is 737 g/mol. The molecule has 3 N–H and O–H groups in total. The standard InChI is InChI=1S/C43H64N2O8/c1-3-22-45(39(49)21-18-30-13-5-6-14-30)38-29-36(44-53-40-17-9-12-26-50-40)34-27-31(15-7-10-23-46)33(16-8-11-24-47)41-35-28-32(48)19-20-37(35)52-43(38,42(34)41)51-25-4-2/h4,19-20,27-28,30-31,33,38,40-42,46-48H,2-3,5-18,21-26,29H2,1H3/t31-,33+,38-,40?,41+,42+,43+/m0/s1. The van der Waals surface area contributed by atoms with Gasteiger partial charge in [-0.05, 0) is 92.9 Å². The fourth-order valence-electron chi connectivity index (χ4n) is 10.0. The number of amides is 1. The van der Waals surface area contributed by atoms with Crippen molar-refractivity contribution in [1.29, 1.82) is 0 Å². The molecule has 1 aromatic carbocycles. The summed E-state index contributed by atoms with van der Waals surface area (Å²) in [5, 5.41) is 35.5. The highest BCUT2D eigenvalue weighted by atomic mass is 16.8. The zero-order valence-corrected chi connectivity index (χ0v) is 32.0. The normalized spacial score (nSPS) is 30.2. The molecule has 2 aliphatic heterocycles. The maximum absolute atomic E-state index is 14.6. The third-order valence-corrected chi connectivity index (χ3v) is 12.5. The molecule has 1 amide bonds. The lowest BCUT2D eigenvalue weighted by Gasteiger charge is -2.60. The van der Waals surface area contributed by atoms with Crippen LogP contribution in [0.3, 0.4) is 0 Å². The molecule has 5 aliphatic rings. The molecular formula is C43H64N2O8. The largest absolute Gasteiger partial charge is 0.508 e. The monoisotopic (exact) mass is 736 g/mol. The number of unbranched alkanes of at least 4 members (excludes halogenated alkanes) is 2. The van der Waals surface area contributed by atoms with Crippen LogP contribution in [-0.4, -0.2) is 82.9 Å². The van der Waals surface area contributed by atoms with Crippen LogP contribution in [-0.2, 0) is 19.1 Å². The van der Waals surface area contributed by atoms with E-state index in [-0.39, 0.29) is 55.1 Å². The van der Waals surface area contributed by atoms with E-state index in [1.54, 1.807) is 12.1 Å². The van der Waals surface area contributed by atoms with E-state index in [1.165, 1.54) is 25.7 Å². The van der Waals surface area contributed by atoms with Gasteiger partial charge >= 0.3 is 0 Å². The van der Waals surface area contributed by atoms with Crippen molar-refractivity contribution in [2.45, 2.75) is 140 Å². The van der Waals surface area contributed by atoms with Crippen molar-refractivity contribution in [2.24, 2.45) is 28.8 Å². The van der Waals surface area contributed by atoms with Gasteiger partial charge in [-0.3, -0.25) is 4.79 Å². The van der Waals surface area contributed by atoms with Crippen LogP contribution in [0.2, 0.25) is 0 Å². The van der Waals surface area contributed by atoms with E-state index in [4.69, 9.17) is 24.2 Å². The molecule has 10 nitrogen and oxygen atoms in total. The van der Waals surface area contributed by atoms with Crippen molar-refractivity contribution in [3.05, 3.63) is 48.1 Å². The molecule has 2 heterocycles. The zero-order chi connectivity index (χ0) is 37.2. The van der Waals surface area contributed by atoms with Crippen LogP contribution in [0.1, 0.15) is 128 Å². The third-order valence-electron chi connectivity index (χ3n) is 12.5. The number of oxime groups is 1. The Balaban J connectivity index is 1.52. The summed E-state index contributed by atoms with van der Waals surface area (Å²) >= 11 is 0. The minimum atomic E-state index is -1.27. The van der Waals surface area contributed by atoms with Crippen LogP contribution in [0.15, 0.2) is 47.7 Å². The summed E-state index contributed by atoms with van der Waals surface area (Å²) in [6, 6.07) is 4.84. The van der Waals surface area contributed by atoms with Gasteiger partial charge in [-0.15, -0.1) is 6.58 Å². The van der Waals surface area contributed by atoms with Crippen LogP contribution < -0.4 is 4.74 Å². The van der Waals surface area contributed by atoms with Crippen LogP contribution in [0, 0.1) is 23.7 Å². The Hall–Kier alpha value is -2.92. The van der Waals surface area contributed by atoms with E-state index >= 15 is 0 Å². The van der Waals surface area contributed by atoms with E-state index in [1.807, 2.05) is 17.0 Å². The lowest BCUT2D eigenvalue weighted by Crippen LogP contribution is -2.70. The van der Waals surface area contributed by atoms with Gasteiger partial charge in [0.15, 0.2) is 0 Å². The number of phenols is 1. The predicted octanol–water partition coefficient (Wildman–Crippen LogP) is 7.76. The van der Waals surface area contributed by atoms with Crippen molar-refractivity contribution >= 4 is 11.6 Å². The Kier molecular flexibility index (Phi) is 14.3. The van der Waals surface area contributed by atoms with Gasteiger partial charge in [0.2, 0.25) is 18.0 Å². The SMILES string of the molecule is C=CCO[C@@]12Oc3ccc(O)cc3[C@H]3[C@H](CCCCO)[C@@H](CCCCO)C=C(C(=NOC4CCCCO4)C[C@@H]1N(CCC)C(=O)CCC1CCCC1)[C@H]32. The molecule has 2 saturated carbocycles. The second-order valence-electron chi connectivity index (χ2n) is 16.0. The van der Waals surface area contributed by atoms with E-state index < -0.39 is 18.1 Å². The van der Waals surface area contributed by atoms with E-state index in [9.17, 15) is 20.1 Å². The first-order valence-corrected chi connectivity index (χ1v) is 20.8. The number of aromatic hydroxyl groups is 1. The van der Waals surface area contributed by atoms with Gasteiger partial charge in [0, 0.05) is 50.5 Å². The number of hydrogen-bond donors (Lipinski definition) is 3. The van der Waals surface area contributed by atoms with Crippen molar-refractivity contribution in [3.63, 3.8) is 0 Å². The Morgan fingerprint density at radius 3 is 2.55 bits per heavy atom. The predicted molar refractivity (Wildman–Crippen MR) is 204 cm³/mol. The number of benzene rings is 1. The number of rotatable bonds is 19. The molecule has 294 valence electrons. The Bertz CT molecular complexity index is 1420. The van der Waals surface area contributed by atoms with Gasteiger partial charge in [-0.1, -0.05) is 62.8 Å². The number of aliphatic hydroxyl groups excluding tert-OH is 2. The van der Waals surface area contributed by atoms with Gasteiger partial charge in [-0.25, -0.2) is 0 Å². The molecule has 0 aromatic heterocycles. The summed E-state index contributed by atoms with van der Waals surface area (Å²) in [5.74, 6) is -0.0122. The van der Waals surface area contributed by atoms with Crippen LogP contribution in [0.4, 0.5) is 0 Å². The summed E-state index contributed by atoms with van der Waals surface area (Å²) < 4.78 is 20.2. The fraction of sp³-hybridized carbons (Fsp3) is 0.721. The number of fused-ring (bicyclic) bond motifs is 2. The Labute approximate surface area is 316 Å². The van der Waals surface area contributed by atoms with E-state index in [2.05, 4.69) is 19.6 Å². The van der Waals surface area contributed by atoms with E-state index in [0.29, 0.717) is 50.5 Å². The minimum absolute atomic E-state index is 0.113. The molecule has 1 unspecified atom stereocenters. The topological polar surface area (TPSA) is 130 Å². The smallest absolute Gasteiger partial charge is 0.239 e. The first kappa shape index (κ1) is 39.8. The molecule has 1 aromatic rings. The van der Waals surface area contributed by atoms with Gasteiger partial charge < -0.3 is 39.3 Å². The summed E-state index contributed by atoms with van der Waals surface area (Å²) in [6.45, 7) is 7.82. The maximum Gasteiger partial charge on any atom is 0.239 e. The number of allylic oxidation sites excluding steroid dienone is 1. The lowest BCUT2D eigenvalue weighted by molar-refractivity contribution is -0.257. The summed E-state index contributed by atoms with van der Waals surface area (Å²) in [7, 11) is 0. The number of phenolic OH excluding ortho intramolecular Hbond substituents is 1. The second-order valence-corrected chi connectivity index (χ2v) is 16.0. The average Bonchev–Trinajstić information content (AvgIpc) is 3.70. The molecule has 0 spiro atoms. The molecule has 1 saturated heterocycles. The summed E-state index contributed by atoms with van der Waals surface area (Å²) in [6.07, 6.45) is 18.7. The highest BCUT2D eigenvalue weighted by Crippen LogP contribution is 2.62. The first-order chi connectivity index (χ1) is 25.9.